The third kappa shape index (κ3) is 5.24. The lowest BCUT2D eigenvalue weighted by molar-refractivity contribution is -0.210. The lowest BCUT2D eigenvalue weighted by atomic mass is 9.92. The highest BCUT2D eigenvalue weighted by molar-refractivity contribution is 9.10. The lowest BCUT2D eigenvalue weighted by Gasteiger charge is -2.41. The van der Waals surface area contributed by atoms with E-state index in [1.54, 1.807) is 35.9 Å². The number of hydrogen-bond donors (Lipinski definition) is 3. The van der Waals surface area contributed by atoms with Gasteiger partial charge in [-0.15, -0.1) is 5.10 Å². The van der Waals surface area contributed by atoms with Gasteiger partial charge in [0, 0.05) is 10.6 Å². The number of aromatic nitrogens is 6. The Balaban J connectivity index is 1.56. The molecule has 0 radical (unpaired) electrons. The molecule has 2 aromatic carbocycles. The minimum atomic E-state index is -1.37. The monoisotopic (exact) mass is 620 g/mol. The zero-order valence-corrected chi connectivity index (χ0v) is 23.6. The fourth-order valence-electron chi connectivity index (χ4n) is 4.82. The zero-order valence-electron chi connectivity index (χ0n) is 21.3. The van der Waals surface area contributed by atoms with Crippen LogP contribution in [-0.4, -0.2) is 70.0 Å². The van der Waals surface area contributed by atoms with Crippen LogP contribution in [0.15, 0.2) is 47.1 Å². The van der Waals surface area contributed by atoms with Crippen molar-refractivity contribution in [2.75, 3.05) is 6.61 Å². The third-order valence-corrected chi connectivity index (χ3v) is 7.64. The van der Waals surface area contributed by atoms with Gasteiger partial charge in [-0.25, -0.2) is 18.7 Å². The molecule has 13 heteroatoms. The number of aliphatic hydroxyl groups is 3. The summed E-state index contributed by atoms with van der Waals surface area (Å²) in [5, 5.41) is 46.0. The fourth-order valence-corrected chi connectivity index (χ4v) is 5.23. The van der Waals surface area contributed by atoms with Crippen molar-refractivity contribution in [2.45, 2.75) is 57.1 Å². The summed E-state index contributed by atoms with van der Waals surface area (Å²) >= 11 is 9.46. The van der Waals surface area contributed by atoms with Crippen LogP contribution in [-0.2, 0) is 4.74 Å². The Labute approximate surface area is 237 Å². The molecule has 0 unspecified atom stereocenters. The van der Waals surface area contributed by atoms with Crippen molar-refractivity contribution in [1.29, 1.82) is 0 Å². The number of rotatable bonds is 6. The molecule has 0 bridgehead atoms. The molecule has 1 fully saturated rings. The number of aliphatic hydroxyl groups excluding tert-OH is 3. The van der Waals surface area contributed by atoms with Gasteiger partial charge in [-0.1, -0.05) is 42.8 Å². The first-order valence-electron chi connectivity index (χ1n) is 12.3. The normalized spacial score (nSPS) is 23.5. The average Bonchev–Trinajstić information content (AvgIpc) is 3.53. The van der Waals surface area contributed by atoms with E-state index < -0.39 is 42.9 Å². The topological polar surface area (TPSA) is 131 Å². The molecule has 1 saturated heterocycles. The van der Waals surface area contributed by atoms with Gasteiger partial charge in [-0.2, -0.15) is 5.10 Å². The van der Waals surface area contributed by atoms with Crippen LogP contribution >= 0.6 is 27.5 Å². The highest BCUT2D eigenvalue weighted by Gasteiger charge is 2.48. The molecule has 5 rings (SSSR count). The molecule has 3 N–H and O–H groups in total. The van der Waals surface area contributed by atoms with Gasteiger partial charge in [-0.05, 0) is 58.6 Å². The Bertz CT molecular complexity index is 1500. The SMILES string of the molecule is Cc1nc([C@@H]2O[C@H](CO)[C@H](O)[C@H](n3cc(-c4ccc(Br)c(F)c4)nn3)[C@H]2O)n(-c2cc(Cl)ccc2C(C)C)n1. The van der Waals surface area contributed by atoms with Gasteiger partial charge >= 0.3 is 0 Å². The van der Waals surface area contributed by atoms with Crippen LogP contribution in [0.2, 0.25) is 5.02 Å². The van der Waals surface area contributed by atoms with Crippen LogP contribution in [0.5, 0.6) is 0 Å². The van der Waals surface area contributed by atoms with Crippen LogP contribution in [0.4, 0.5) is 4.39 Å². The molecule has 5 atom stereocenters. The predicted octanol–water partition coefficient (Wildman–Crippen LogP) is 3.91. The van der Waals surface area contributed by atoms with Gasteiger partial charge < -0.3 is 20.1 Å². The summed E-state index contributed by atoms with van der Waals surface area (Å²) in [6.45, 7) is 5.26. The van der Waals surface area contributed by atoms with Crippen molar-refractivity contribution < 1.29 is 24.4 Å². The number of aryl methyl sites for hydroxylation is 1. The minimum absolute atomic E-state index is 0.128. The van der Waals surface area contributed by atoms with Crippen molar-refractivity contribution in [3.63, 3.8) is 0 Å². The van der Waals surface area contributed by atoms with Gasteiger partial charge in [-0.3, -0.25) is 0 Å². The molecule has 0 spiro atoms. The maximum absolute atomic E-state index is 14.1. The van der Waals surface area contributed by atoms with E-state index in [1.807, 2.05) is 19.9 Å². The zero-order chi connectivity index (χ0) is 28.0. The van der Waals surface area contributed by atoms with E-state index in [-0.39, 0.29) is 11.7 Å². The quantitative estimate of drug-likeness (QED) is 0.296. The van der Waals surface area contributed by atoms with E-state index in [1.165, 1.54) is 16.9 Å². The number of hydrogen-bond acceptors (Lipinski definition) is 8. The largest absolute Gasteiger partial charge is 0.394 e. The van der Waals surface area contributed by atoms with Gasteiger partial charge in [0.15, 0.2) is 5.82 Å². The maximum Gasteiger partial charge on any atom is 0.164 e. The number of ether oxygens (including phenoxy) is 1. The Morgan fingerprint density at radius 3 is 2.62 bits per heavy atom. The first-order valence-corrected chi connectivity index (χ1v) is 13.5. The van der Waals surface area contributed by atoms with E-state index in [4.69, 9.17) is 16.3 Å². The van der Waals surface area contributed by atoms with Crippen LogP contribution in [0.1, 0.15) is 49.1 Å². The second-order valence-electron chi connectivity index (χ2n) is 9.75. The summed E-state index contributed by atoms with van der Waals surface area (Å²) in [4.78, 5) is 4.55. The summed E-state index contributed by atoms with van der Waals surface area (Å²) in [6.07, 6.45) is -3.39. The molecule has 0 amide bonds. The van der Waals surface area contributed by atoms with Crippen LogP contribution in [0, 0.1) is 12.7 Å². The van der Waals surface area contributed by atoms with Gasteiger partial charge in [0.05, 0.1) is 23.0 Å². The van der Waals surface area contributed by atoms with Crippen LogP contribution in [0.3, 0.4) is 0 Å². The van der Waals surface area contributed by atoms with E-state index >= 15 is 0 Å². The fraction of sp³-hybridized carbons (Fsp3) is 0.385. The molecule has 39 heavy (non-hydrogen) atoms. The molecule has 2 aromatic heterocycles. The lowest BCUT2D eigenvalue weighted by Crippen LogP contribution is -2.53. The molecule has 10 nitrogen and oxygen atoms in total. The maximum atomic E-state index is 14.1. The average molecular weight is 622 g/mol. The molecule has 0 aliphatic carbocycles. The molecule has 0 saturated carbocycles. The third-order valence-electron chi connectivity index (χ3n) is 6.76. The second kappa shape index (κ2) is 11.0. The predicted molar refractivity (Wildman–Crippen MR) is 144 cm³/mol. The molecule has 1 aliphatic rings. The summed E-state index contributed by atoms with van der Waals surface area (Å²) in [5.74, 6) is 0.363. The van der Waals surface area contributed by atoms with Crippen molar-refractivity contribution in [2.24, 2.45) is 0 Å². The van der Waals surface area contributed by atoms with E-state index in [0.29, 0.717) is 32.3 Å². The smallest absolute Gasteiger partial charge is 0.164 e. The Morgan fingerprint density at radius 1 is 1.15 bits per heavy atom. The minimum Gasteiger partial charge on any atom is -0.394 e. The van der Waals surface area contributed by atoms with E-state index in [9.17, 15) is 19.7 Å². The number of benzene rings is 2. The summed E-state index contributed by atoms with van der Waals surface area (Å²) in [6, 6.07) is 8.92. The molecule has 206 valence electrons. The van der Waals surface area contributed by atoms with Gasteiger partial charge in [0.1, 0.15) is 47.8 Å². The van der Waals surface area contributed by atoms with E-state index in [2.05, 4.69) is 36.3 Å². The molecular formula is C26H27BrClFN6O4. The highest BCUT2D eigenvalue weighted by atomic mass is 79.9. The van der Waals surface area contributed by atoms with Crippen LogP contribution < -0.4 is 0 Å². The molecule has 3 heterocycles. The molecular weight excluding hydrogens is 595 g/mol. The highest BCUT2D eigenvalue weighted by Crippen LogP contribution is 2.39. The van der Waals surface area contributed by atoms with Gasteiger partial charge in [0.25, 0.3) is 0 Å². The first-order chi connectivity index (χ1) is 18.6. The Kier molecular flexibility index (Phi) is 7.86. The van der Waals surface area contributed by atoms with Crippen molar-refractivity contribution >= 4 is 27.5 Å². The summed E-state index contributed by atoms with van der Waals surface area (Å²) in [7, 11) is 0. The summed E-state index contributed by atoms with van der Waals surface area (Å²) in [5.41, 5.74) is 2.43. The standard InChI is InChI=1S/C26H27BrClFN6O4/c1-12(2)16-6-5-15(28)9-20(16)35-26(30-13(3)32-35)25-24(38)22(23(37)21(11-36)39-25)34-10-19(31-33-34)14-4-7-17(27)18(29)8-14/h4-10,12,21-25,36-38H,11H2,1-3H3/t21-,22+,23+,24-,25-/m1/s1. The van der Waals surface area contributed by atoms with Crippen molar-refractivity contribution in [3.05, 3.63) is 75.1 Å². The molecule has 1 aliphatic heterocycles. The van der Waals surface area contributed by atoms with Crippen molar-refractivity contribution in [1.82, 2.24) is 29.8 Å². The van der Waals surface area contributed by atoms with Gasteiger partial charge in [0.2, 0.25) is 0 Å². The number of halogens is 3. The Hall–Kier alpha value is -2.74. The molecule has 4 aromatic rings. The van der Waals surface area contributed by atoms with Crippen molar-refractivity contribution in [3.8, 4) is 16.9 Å². The van der Waals surface area contributed by atoms with E-state index in [0.717, 1.165) is 5.56 Å². The first kappa shape index (κ1) is 27.8. The van der Waals surface area contributed by atoms with Crippen LogP contribution in [0.25, 0.3) is 16.9 Å². The number of nitrogens with zero attached hydrogens (tertiary/aromatic N) is 6. The summed E-state index contributed by atoms with van der Waals surface area (Å²) < 4.78 is 23.3. The Morgan fingerprint density at radius 2 is 1.92 bits per heavy atom. The second-order valence-corrected chi connectivity index (χ2v) is 11.0.